The molecule has 1 unspecified atom stereocenters. The molecule has 0 amide bonds. The van der Waals surface area contributed by atoms with Gasteiger partial charge in [-0.3, -0.25) is 0 Å². The van der Waals surface area contributed by atoms with Crippen molar-refractivity contribution >= 4 is 5.69 Å². The van der Waals surface area contributed by atoms with Crippen LogP contribution in [0.2, 0.25) is 0 Å². The molecular formula is C11H12N2. The Morgan fingerprint density at radius 2 is 2.38 bits per heavy atom. The van der Waals surface area contributed by atoms with Crippen molar-refractivity contribution in [2.24, 2.45) is 0 Å². The van der Waals surface area contributed by atoms with E-state index in [0.29, 0.717) is 6.04 Å². The fourth-order valence-electron chi connectivity index (χ4n) is 1.97. The van der Waals surface area contributed by atoms with Gasteiger partial charge in [-0.25, -0.2) is 4.85 Å². The number of nitrogens with zero attached hydrogens (tertiary/aromatic N) is 1. The van der Waals surface area contributed by atoms with Crippen LogP contribution in [0.5, 0.6) is 0 Å². The average Bonchev–Trinajstić information content (AvgIpc) is 2.59. The van der Waals surface area contributed by atoms with Crippen molar-refractivity contribution in [3.63, 3.8) is 0 Å². The van der Waals surface area contributed by atoms with Gasteiger partial charge < -0.3 is 5.32 Å². The fraction of sp³-hybridized carbons (Fsp3) is 0.364. The second-order valence-electron chi connectivity index (χ2n) is 3.37. The standard InChI is InChI=1S/C11H12N2/c1-12-9-4-5-10-8(7-9)3-6-11(10)13-2/h4-5,7,11,13H,3,6H2,2H3. The third kappa shape index (κ3) is 1.32. The summed E-state index contributed by atoms with van der Waals surface area (Å²) in [5.41, 5.74) is 3.47. The molecule has 1 aliphatic rings. The highest BCUT2D eigenvalue weighted by atomic mass is 14.9. The van der Waals surface area contributed by atoms with Gasteiger partial charge in [0.05, 0.1) is 6.57 Å². The molecular weight excluding hydrogens is 160 g/mol. The van der Waals surface area contributed by atoms with Gasteiger partial charge in [-0.2, -0.15) is 0 Å². The van der Waals surface area contributed by atoms with E-state index in [0.717, 1.165) is 18.5 Å². The first-order valence-corrected chi connectivity index (χ1v) is 4.52. The average molecular weight is 172 g/mol. The highest BCUT2D eigenvalue weighted by Crippen LogP contribution is 2.33. The summed E-state index contributed by atoms with van der Waals surface area (Å²) in [6.07, 6.45) is 2.26. The Kier molecular flexibility index (Phi) is 2.03. The number of fused-ring (bicyclic) bond motifs is 1. The van der Waals surface area contributed by atoms with E-state index in [1.807, 2.05) is 19.2 Å². The van der Waals surface area contributed by atoms with Crippen LogP contribution in [-0.4, -0.2) is 7.05 Å². The van der Waals surface area contributed by atoms with Gasteiger partial charge in [-0.05, 0) is 25.5 Å². The molecule has 0 bridgehead atoms. The largest absolute Gasteiger partial charge is 0.313 e. The number of aryl methyl sites for hydroxylation is 1. The molecule has 2 nitrogen and oxygen atoms in total. The zero-order valence-electron chi connectivity index (χ0n) is 7.67. The molecule has 1 atom stereocenters. The Bertz CT molecular complexity index is 363. The molecule has 66 valence electrons. The Morgan fingerprint density at radius 3 is 3.08 bits per heavy atom. The van der Waals surface area contributed by atoms with Crippen molar-refractivity contribution < 1.29 is 0 Å². The van der Waals surface area contributed by atoms with Crippen LogP contribution in [0.4, 0.5) is 5.69 Å². The minimum atomic E-state index is 0.495. The smallest absolute Gasteiger partial charge is 0.187 e. The minimum absolute atomic E-state index is 0.495. The molecule has 1 aliphatic carbocycles. The SMILES string of the molecule is [C-]#[N+]c1ccc2c(c1)CCC2NC. The molecule has 0 radical (unpaired) electrons. The van der Waals surface area contributed by atoms with Crippen LogP contribution in [0.1, 0.15) is 23.6 Å². The summed E-state index contributed by atoms with van der Waals surface area (Å²) in [6, 6.07) is 6.49. The Hall–Kier alpha value is -1.33. The first-order valence-electron chi connectivity index (χ1n) is 4.52. The highest BCUT2D eigenvalue weighted by molar-refractivity contribution is 5.51. The molecule has 1 aromatic rings. The summed E-state index contributed by atoms with van der Waals surface area (Å²) < 4.78 is 0. The molecule has 2 rings (SSSR count). The summed E-state index contributed by atoms with van der Waals surface area (Å²) >= 11 is 0. The summed E-state index contributed by atoms with van der Waals surface area (Å²) in [6.45, 7) is 6.91. The molecule has 0 fully saturated rings. The van der Waals surface area contributed by atoms with Crippen LogP contribution in [0.3, 0.4) is 0 Å². The number of hydrogen-bond acceptors (Lipinski definition) is 1. The van der Waals surface area contributed by atoms with E-state index >= 15 is 0 Å². The van der Waals surface area contributed by atoms with Gasteiger partial charge in [0, 0.05) is 6.04 Å². The van der Waals surface area contributed by atoms with Gasteiger partial charge in [0.2, 0.25) is 0 Å². The molecule has 13 heavy (non-hydrogen) atoms. The number of rotatable bonds is 1. The van der Waals surface area contributed by atoms with Crippen LogP contribution < -0.4 is 5.32 Å². The van der Waals surface area contributed by atoms with Crippen molar-refractivity contribution in [3.8, 4) is 0 Å². The van der Waals surface area contributed by atoms with Crippen LogP contribution in [0.15, 0.2) is 18.2 Å². The maximum Gasteiger partial charge on any atom is 0.187 e. The zero-order valence-corrected chi connectivity index (χ0v) is 7.67. The van der Waals surface area contributed by atoms with E-state index in [1.165, 1.54) is 11.1 Å². The highest BCUT2D eigenvalue weighted by Gasteiger charge is 2.20. The quantitative estimate of drug-likeness (QED) is 0.643. The molecule has 0 aliphatic heterocycles. The second kappa shape index (κ2) is 3.20. The maximum absolute atomic E-state index is 6.91. The summed E-state index contributed by atoms with van der Waals surface area (Å²) in [7, 11) is 1.99. The zero-order chi connectivity index (χ0) is 9.26. The molecule has 0 aromatic heterocycles. The Morgan fingerprint density at radius 1 is 1.54 bits per heavy atom. The third-order valence-electron chi connectivity index (χ3n) is 2.68. The van der Waals surface area contributed by atoms with Gasteiger partial charge in [0.25, 0.3) is 0 Å². The normalized spacial score (nSPS) is 19.5. The minimum Gasteiger partial charge on any atom is -0.313 e. The molecule has 1 N–H and O–H groups in total. The van der Waals surface area contributed by atoms with Gasteiger partial charge in [-0.15, -0.1) is 0 Å². The molecule has 1 aromatic carbocycles. The van der Waals surface area contributed by atoms with E-state index < -0.39 is 0 Å². The van der Waals surface area contributed by atoms with Crippen LogP contribution in [-0.2, 0) is 6.42 Å². The van der Waals surface area contributed by atoms with Crippen LogP contribution in [0, 0.1) is 6.57 Å². The topological polar surface area (TPSA) is 16.4 Å². The lowest BCUT2D eigenvalue weighted by Gasteiger charge is -2.09. The lowest BCUT2D eigenvalue weighted by atomic mass is 10.1. The monoisotopic (exact) mass is 172 g/mol. The Labute approximate surface area is 78.4 Å². The van der Waals surface area contributed by atoms with Crippen molar-refractivity contribution in [1.82, 2.24) is 5.32 Å². The number of nitrogens with one attached hydrogen (secondary N) is 1. The lowest BCUT2D eigenvalue weighted by molar-refractivity contribution is 0.590. The van der Waals surface area contributed by atoms with E-state index in [9.17, 15) is 0 Å². The van der Waals surface area contributed by atoms with E-state index in [2.05, 4.69) is 16.2 Å². The number of benzene rings is 1. The lowest BCUT2D eigenvalue weighted by Crippen LogP contribution is -2.12. The molecule has 0 heterocycles. The van der Waals surface area contributed by atoms with Crippen molar-refractivity contribution in [3.05, 3.63) is 40.7 Å². The molecule has 2 heteroatoms. The Balaban J connectivity index is 2.41. The maximum atomic E-state index is 6.91. The van der Waals surface area contributed by atoms with Gasteiger partial charge >= 0.3 is 0 Å². The van der Waals surface area contributed by atoms with Gasteiger partial charge in [-0.1, -0.05) is 23.8 Å². The second-order valence-corrected chi connectivity index (χ2v) is 3.37. The third-order valence-corrected chi connectivity index (χ3v) is 2.68. The summed E-state index contributed by atoms with van der Waals surface area (Å²) in [5.74, 6) is 0. The summed E-state index contributed by atoms with van der Waals surface area (Å²) in [5, 5.41) is 3.28. The molecule has 0 saturated carbocycles. The van der Waals surface area contributed by atoms with Crippen molar-refractivity contribution in [1.29, 1.82) is 0 Å². The first kappa shape index (κ1) is 8.28. The predicted octanol–water partition coefficient (Wildman–Crippen LogP) is 2.44. The number of hydrogen-bond donors (Lipinski definition) is 1. The van der Waals surface area contributed by atoms with Gasteiger partial charge in [0.15, 0.2) is 5.69 Å². The van der Waals surface area contributed by atoms with Crippen molar-refractivity contribution in [2.75, 3.05) is 7.05 Å². The van der Waals surface area contributed by atoms with E-state index in [4.69, 9.17) is 6.57 Å². The fourth-order valence-corrected chi connectivity index (χ4v) is 1.97. The first-order chi connectivity index (χ1) is 6.35. The predicted molar refractivity (Wildman–Crippen MR) is 52.8 cm³/mol. The molecule has 0 spiro atoms. The van der Waals surface area contributed by atoms with Gasteiger partial charge in [0.1, 0.15) is 0 Å². The molecule has 0 saturated heterocycles. The van der Waals surface area contributed by atoms with Crippen LogP contribution in [0.25, 0.3) is 4.85 Å². The summed E-state index contributed by atoms with van der Waals surface area (Å²) in [4.78, 5) is 3.43. The van der Waals surface area contributed by atoms with E-state index in [-0.39, 0.29) is 0 Å². The van der Waals surface area contributed by atoms with E-state index in [1.54, 1.807) is 0 Å². The van der Waals surface area contributed by atoms with Crippen molar-refractivity contribution in [2.45, 2.75) is 18.9 Å². The van der Waals surface area contributed by atoms with Crippen LogP contribution >= 0.6 is 0 Å².